The van der Waals surface area contributed by atoms with E-state index in [1.165, 1.54) is 13.0 Å². The van der Waals surface area contributed by atoms with Crippen molar-refractivity contribution in [2.45, 2.75) is 18.0 Å². The van der Waals surface area contributed by atoms with Crippen LogP contribution in [0.3, 0.4) is 0 Å². The minimum atomic E-state index is -4.96. The number of hydrogen-bond acceptors (Lipinski definition) is 5. The van der Waals surface area contributed by atoms with Crippen molar-refractivity contribution in [1.29, 1.82) is 0 Å². The lowest BCUT2D eigenvalue weighted by Gasteiger charge is -2.17. The van der Waals surface area contributed by atoms with Crippen molar-refractivity contribution in [2.24, 2.45) is 16.6 Å². The molecule has 0 amide bonds. The van der Waals surface area contributed by atoms with Crippen LogP contribution < -0.4 is 21.3 Å². The van der Waals surface area contributed by atoms with Crippen molar-refractivity contribution >= 4 is 27.3 Å². The van der Waals surface area contributed by atoms with Gasteiger partial charge in [0.05, 0.1) is 22.7 Å². The third-order valence-corrected chi connectivity index (χ3v) is 4.04. The van der Waals surface area contributed by atoms with E-state index in [-0.39, 0.29) is 22.2 Å². The molecule has 0 aromatic heterocycles. The lowest BCUT2D eigenvalue weighted by atomic mass is 10.0. The van der Waals surface area contributed by atoms with Crippen LogP contribution in [0, 0.1) is 0 Å². The molecule has 0 fully saturated rings. The first-order valence-corrected chi connectivity index (χ1v) is 8.13. The van der Waals surface area contributed by atoms with Gasteiger partial charge in [-0.15, -0.1) is 0 Å². The number of ether oxygens (including phenoxy) is 1. The second-order valence-corrected chi connectivity index (χ2v) is 6.68. The number of methoxy groups -OCH3 is 1. The molecule has 1 rings (SSSR count). The molecule has 1 aromatic carbocycles. The quantitative estimate of drug-likeness (QED) is 0.541. The summed E-state index contributed by atoms with van der Waals surface area (Å²) in [5.41, 5.74) is 9.83. The Hall–Kier alpha value is -1.91. The zero-order valence-electron chi connectivity index (χ0n) is 12.6. The maximum Gasteiger partial charge on any atom is 0.417 e. The largest absolute Gasteiger partial charge is 0.496 e. The molecule has 0 aliphatic rings. The molecule has 24 heavy (non-hydrogen) atoms. The van der Waals surface area contributed by atoms with E-state index in [0.717, 1.165) is 7.11 Å². The summed E-state index contributed by atoms with van der Waals surface area (Å²) in [6, 6.07) is 1.22. The zero-order chi connectivity index (χ0) is 18.9. The van der Waals surface area contributed by atoms with Crippen LogP contribution in [0.15, 0.2) is 33.8 Å². The molecule has 0 bridgehead atoms. The summed E-state index contributed by atoms with van der Waals surface area (Å²) < 4.78 is 67.3. The molecule has 0 saturated carbocycles. The van der Waals surface area contributed by atoms with Gasteiger partial charge in [-0.3, -0.25) is 0 Å². The Morgan fingerprint density at radius 2 is 1.83 bits per heavy atom. The van der Waals surface area contributed by atoms with Crippen molar-refractivity contribution in [3.8, 4) is 5.75 Å². The van der Waals surface area contributed by atoms with E-state index in [0.29, 0.717) is 17.7 Å². The second-order valence-electron chi connectivity index (χ2n) is 4.72. The van der Waals surface area contributed by atoms with Crippen molar-refractivity contribution in [2.75, 3.05) is 7.11 Å². The van der Waals surface area contributed by atoms with Gasteiger partial charge in [0, 0.05) is 11.3 Å². The number of rotatable bonds is 4. The summed E-state index contributed by atoms with van der Waals surface area (Å²) >= 11 is 5.52. The van der Waals surface area contributed by atoms with Gasteiger partial charge in [0.25, 0.3) is 0 Å². The second kappa shape index (κ2) is 6.91. The van der Waals surface area contributed by atoms with E-state index in [2.05, 4.69) is 0 Å². The smallest absolute Gasteiger partial charge is 0.417 e. The number of primary sulfonamides is 1. The van der Waals surface area contributed by atoms with Crippen LogP contribution in [0.1, 0.15) is 18.1 Å². The van der Waals surface area contributed by atoms with Crippen LogP contribution in [0.4, 0.5) is 13.2 Å². The number of nitrogens with two attached hydrogens (primary N) is 3. The molecular weight excluding hydrogens is 371 g/mol. The predicted molar refractivity (Wildman–Crippen MR) is 84.3 cm³/mol. The van der Waals surface area contributed by atoms with Crippen molar-refractivity contribution in [3.05, 3.63) is 40.1 Å². The van der Waals surface area contributed by atoms with Gasteiger partial charge in [0.1, 0.15) is 5.75 Å². The summed E-state index contributed by atoms with van der Waals surface area (Å²) in [5.74, 6) is -0.284. The minimum absolute atomic E-state index is 0.0749. The van der Waals surface area contributed by atoms with Gasteiger partial charge >= 0.3 is 6.18 Å². The Kier molecular flexibility index (Phi) is 5.80. The zero-order valence-corrected chi connectivity index (χ0v) is 14.2. The molecule has 0 aliphatic heterocycles. The van der Waals surface area contributed by atoms with Gasteiger partial charge in [-0.25, -0.2) is 13.6 Å². The fourth-order valence-corrected chi connectivity index (χ4v) is 2.82. The standard InChI is InChI=1S/C13H15ClF3N3O3S/c1-6(3-11(14)18)12(19)7-4-10(24(20,21)22)8(13(15,16)17)5-9(7)23-2/h3-5H,18-19H2,1-2H3,(H2,20,21,22)/b11-3-,12-6-. The molecular formula is C13H15ClF3N3O3S. The highest BCUT2D eigenvalue weighted by Crippen LogP contribution is 2.39. The molecule has 134 valence electrons. The first-order valence-electron chi connectivity index (χ1n) is 6.20. The summed E-state index contributed by atoms with van der Waals surface area (Å²) in [4.78, 5) is -1.12. The number of benzene rings is 1. The number of alkyl halides is 3. The predicted octanol–water partition coefficient (Wildman–Crippen LogP) is 2.09. The fraction of sp³-hybridized carbons (Fsp3) is 0.231. The fourth-order valence-electron chi connectivity index (χ4n) is 1.89. The van der Waals surface area contributed by atoms with Crippen molar-refractivity contribution in [1.82, 2.24) is 0 Å². The molecule has 0 radical (unpaired) electrons. The highest BCUT2D eigenvalue weighted by molar-refractivity contribution is 7.89. The molecule has 11 heteroatoms. The summed E-state index contributed by atoms with van der Waals surface area (Å²) in [7, 11) is -3.55. The van der Waals surface area contributed by atoms with Crippen LogP contribution in [0.5, 0.6) is 5.75 Å². The topological polar surface area (TPSA) is 121 Å². The number of sulfonamides is 1. The summed E-state index contributed by atoms with van der Waals surface area (Å²) in [6.07, 6.45) is -3.70. The normalized spacial score (nSPS) is 14.4. The van der Waals surface area contributed by atoms with Gasteiger partial charge in [0.2, 0.25) is 10.0 Å². The van der Waals surface area contributed by atoms with Crippen LogP contribution in [-0.2, 0) is 16.2 Å². The average molecular weight is 386 g/mol. The Bertz CT molecular complexity index is 814. The van der Waals surface area contributed by atoms with Gasteiger partial charge in [-0.2, -0.15) is 13.2 Å². The highest BCUT2D eigenvalue weighted by atomic mass is 35.5. The van der Waals surface area contributed by atoms with E-state index in [4.69, 9.17) is 32.9 Å². The monoisotopic (exact) mass is 385 g/mol. The first kappa shape index (κ1) is 20.1. The van der Waals surface area contributed by atoms with E-state index in [1.807, 2.05) is 0 Å². The van der Waals surface area contributed by atoms with E-state index in [1.54, 1.807) is 0 Å². The molecule has 1 aromatic rings. The molecule has 0 atom stereocenters. The lowest BCUT2D eigenvalue weighted by molar-refractivity contribution is -0.140. The molecule has 0 saturated heterocycles. The third kappa shape index (κ3) is 4.56. The maximum atomic E-state index is 13.1. The molecule has 6 nitrogen and oxygen atoms in total. The molecule has 6 N–H and O–H groups in total. The van der Waals surface area contributed by atoms with E-state index < -0.39 is 26.7 Å². The Labute approximate surface area is 141 Å². The number of halogens is 4. The van der Waals surface area contributed by atoms with Gasteiger partial charge in [-0.1, -0.05) is 11.6 Å². The van der Waals surface area contributed by atoms with Crippen LogP contribution >= 0.6 is 11.6 Å². The van der Waals surface area contributed by atoms with E-state index in [9.17, 15) is 21.6 Å². The molecule has 0 heterocycles. The Balaban J connectivity index is 3.86. The first-order chi connectivity index (χ1) is 10.8. The van der Waals surface area contributed by atoms with Gasteiger partial charge < -0.3 is 16.2 Å². The highest BCUT2D eigenvalue weighted by Gasteiger charge is 2.38. The summed E-state index contributed by atoms with van der Waals surface area (Å²) in [6.45, 7) is 1.48. The van der Waals surface area contributed by atoms with Crippen molar-refractivity contribution < 1.29 is 26.3 Å². The van der Waals surface area contributed by atoms with Crippen molar-refractivity contribution in [3.63, 3.8) is 0 Å². The minimum Gasteiger partial charge on any atom is -0.496 e. The third-order valence-electron chi connectivity index (χ3n) is 2.98. The molecule has 0 aliphatic carbocycles. The SMILES string of the molecule is COc1cc(C(F)(F)F)c(S(N)(=O)=O)cc1/C(N)=C(C)/C=C(\N)Cl. The average Bonchev–Trinajstić information content (AvgIpc) is 2.42. The Morgan fingerprint density at radius 3 is 2.21 bits per heavy atom. The van der Waals surface area contributed by atoms with E-state index >= 15 is 0 Å². The molecule has 0 spiro atoms. The summed E-state index contributed by atoms with van der Waals surface area (Å²) in [5, 5.41) is 4.78. The van der Waals surface area contributed by atoms with Crippen LogP contribution in [0.2, 0.25) is 0 Å². The van der Waals surface area contributed by atoms with Gasteiger partial charge in [0.15, 0.2) is 0 Å². The number of hydrogen-bond donors (Lipinski definition) is 3. The molecule has 0 unspecified atom stereocenters. The Morgan fingerprint density at radius 1 is 1.29 bits per heavy atom. The van der Waals surface area contributed by atoms with Crippen LogP contribution in [-0.4, -0.2) is 15.5 Å². The maximum absolute atomic E-state index is 13.1. The van der Waals surface area contributed by atoms with Gasteiger partial charge in [-0.05, 0) is 30.7 Å². The number of allylic oxidation sites excluding steroid dienone is 2. The lowest BCUT2D eigenvalue weighted by Crippen LogP contribution is -2.20. The van der Waals surface area contributed by atoms with Crippen LogP contribution in [0.25, 0.3) is 5.70 Å².